The van der Waals surface area contributed by atoms with Crippen LogP contribution >= 0.6 is 0 Å². The maximum Gasteiger partial charge on any atom is 0.236 e. The molecule has 1 rings (SSSR count). The SMILES string of the molecule is CNC(=O)C(C)NC(C)c1ccc(OC(C)C)cc1. The van der Waals surface area contributed by atoms with Crippen molar-refractivity contribution in [2.75, 3.05) is 7.05 Å². The van der Waals surface area contributed by atoms with Gasteiger partial charge < -0.3 is 10.1 Å². The molecule has 1 aromatic carbocycles. The summed E-state index contributed by atoms with van der Waals surface area (Å²) in [7, 11) is 1.64. The fraction of sp³-hybridized carbons (Fsp3) is 0.533. The van der Waals surface area contributed by atoms with Crippen molar-refractivity contribution in [2.45, 2.75) is 45.9 Å². The maximum absolute atomic E-state index is 11.5. The monoisotopic (exact) mass is 264 g/mol. The van der Waals surface area contributed by atoms with Crippen LogP contribution in [-0.4, -0.2) is 25.1 Å². The van der Waals surface area contributed by atoms with E-state index >= 15 is 0 Å². The van der Waals surface area contributed by atoms with Gasteiger partial charge in [0.05, 0.1) is 12.1 Å². The predicted octanol–water partition coefficient (Wildman–Crippen LogP) is 2.26. The summed E-state index contributed by atoms with van der Waals surface area (Å²) in [5.41, 5.74) is 1.13. The molecule has 0 aliphatic heterocycles. The molecule has 0 fully saturated rings. The van der Waals surface area contributed by atoms with Crippen LogP contribution in [0.3, 0.4) is 0 Å². The number of rotatable bonds is 6. The minimum Gasteiger partial charge on any atom is -0.491 e. The van der Waals surface area contributed by atoms with Gasteiger partial charge in [-0.1, -0.05) is 12.1 Å². The minimum atomic E-state index is -0.216. The molecule has 0 radical (unpaired) electrons. The van der Waals surface area contributed by atoms with E-state index in [0.717, 1.165) is 11.3 Å². The van der Waals surface area contributed by atoms with Crippen LogP contribution in [0.25, 0.3) is 0 Å². The third-order valence-electron chi connectivity index (χ3n) is 2.89. The highest BCUT2D eigenvalue weighted by Gasteiger charge is 2.14. The summed E-state index contributed by atoms with van der Waals surface area (Å²) in [5.74, 6) is 0.858. The van der Waals surface area contributed by atoms with Gasteiger partial charge in [-0.15, -0.1) is 0 Å². The van der Waals surface area contributed by atoms with E-state index in [1.54, 1.807) is 7.05 Å². The van der Waals surface area contributed by atoms with Gasteiger partial charge in [-0.05, 0) is 45.4 Å². The molecule has 4 heteroatoms. The predicted molar refractivity (Wildman–Crippen MR) is 77.3 cm³/mol. The number of amides is 1. The Kier molecular flexibility index (Phi) is 5.83. The fourth-order valence-electron chi connectivity index (χ4n) is 1.87. The topological polar surface area (TPSA) is 50.4 Å². The molecule has 0 aromatic heterocycles. The zero-order valence-electron chi connectivity index (χ0n) is 12.4. The van der Waals surface area contributed by atoms with Crippen LogP contribution in [0.15, 0.2) is 24.3 Å². The van der Waals surface area contributed by atoms with Crippen molar-refractivity contribution in [1.29, 1.82) is 0 Å². The molecule has 106 valence electrons. The highest BCUT2D eigenvalue weighted by molar-refractivity contribution is 5.80. The molecular weight excluding hydrogens is 240 g/mol. The highest BCUT2D eigenvalue weighted by atomic mass is 16.5. The number of benzene rings is 1. The lowest BCUT2D eigenvalue weighted by Crippen LogP contribution is -2.41. The molecule has 0 aliphatic carbocycles. The normalized spacial score (nSPS) is 14.0. The summed E-state index contributed by atoms with van der Waals surface area (Å²) in [6.45, 7) is 7.90. The number of nitrogens with one attached hydrogen (secondary N) is 2. The van der Waals surface area contributed by atoms with E-state index < -0.39 is 0 Å². The second-order valence-corrected chi connectivity index (χ2v) is 4.96. The van der Waals surface area contributed by atoms with Crippen LogP contribution in [0.1, 0.15) is 39.3 Å². The number of carbonyl (C=O) groups is 1. The second kappa shape index (κ2) is 7.14. The number of hydrogen-bond acceptors (Lipinski definition) is 3. The number of hydrogen-bond donors (Lipinski definition) is 2. The summed E-state index contributed by atoms with van der Waals surface area (Å²) in [4.78, 5) is 11.5. The Morgan fingerprint density at radius 3 is 2.16 bits per heavy atom. The Labute approximate surface area is 115 Å². The smallest absolute Gasteiger partial charge is 0.236 e. The van der Waals surface area contributed by atoms with Crippen molar-refractivity contribution in [3.05, 3.63) is 29.8 Å². The molecule has 2 unspecified atom stereocenters. The van der Waals surface area contributed by atoms with Gasteiger partial charge in [-0.25, -0.2) is 0 Å². The van der Waals surface area contributed by atoms with Crippen LogP contribution in [0.4, 0.5) is 0 Å². The number of ether oxygens (including phenoxy) is 1. The van der Waals surface area contributed by atoms with Crippen LogP contribution in [0, 0.1) is 0 Å². The van der Waals surface area contributed by atoms with Crippen LogP contribution in [0.2, 0.25) is 0 Å². The summed E-state index contributed by atoms with van der Waals surface area (Å²) in [6, 6.07) is 7.85. The molecule has 2 atom stereocenters. The maximum atomic E-state index is 11.5. The molecule has 0 heterocycles. The number of likely N-dealkylation sites (N-methyl/N-ethyl adjacent to an activating group) is 1. The van der Waals surface area contributed by atoms with Gasteiger partial charge >= 0.3 is 0 Å². The van der Waals surface area contributed by atoms with Crippen molar-refractivity contribution >= 4 is 5.91 Å². The molecule has 4 nitrogen and oxygen atoms in total. The average Bonchev–Trinajstić information content (AvgIpc) is 2.37. The van der Waals surface area contributed by atoms with E-state index in [1.807, 2.05) is 52.0 Å². The van der Waals surface area contributed by atoms with Crippen LogP contribution in [0.5, 0.6) is 5.75 Å². The molecule has 0 bridgehead atoms. The Hall–Kier alpha value is -1.55. The lowest BCUT2D eigenvalue weighted by atomic mass is 10.1. The van der Waals surface area contributed by atoms with E-state index in [0.29, 0.717) is 0 Å². The first-order valence-electron chi connectivity index (χ1n) is 6.68. The van der Waals surface area contributed by atoms with Gasteiger partial charge in [0.25, 0.3) is 0 Å². The van der Waals surface area contributed by atoms with E-state index in [2.05, 4.69) is 10.6 Å². The van der Waals surface area contributed by atoms with Crippen LogP contribution in [-0.2, 0) is 4.79 Å². The number of carbonyl (C=O) groups excluding carboxylic acids is 1. The first kappa shape index (κ1) is 15.5. The van der Waals surface area contributed by atoms with E-state index in [-0.39, 0.29) is 24.1 Å². The van der Waals surface area contributed by atoms with Crippen molar-refractivity contribution in [3.8, 4) is 5.75 Å². The first-order valence-corrected chi connectivity index (χ1v) is 6.68. The van der Waals surface area contributed by atoms with Gasteiger partial charge in [-0.2, -0.15) is 0 Å². The zero-order chi connectivity index (χ0) is 14.4. The standard InChI is InChI=1S/C15H24N2O2/c1-10(2)19-14-8-6-13(7-9-14)11(3)17-12(4)15(18)16-5/h6-12,17H,1-5H3,(H,16,18). The Balaban J connectivity index is 2.62. The zero-order valence-corrected chi connectivity index (χ0v) is 12.4. The molecule has 0 saturated heterocycles. The third-order valence-corrected chi connectivity index (χ3v) is 2.89. The Morgan fingerprint density at radius 1 is 1.11 bits per heavy atom. The van der Waals surface area contributed by atoms with Crippen molar-refractivity contribution in [1.82, 2.24) is 10.6 Å². The average molecular weight is 264 g/mol. The van der Waals surface area contributed by atoms with Crippen molar-refractivity contribution < 1.29 is 9.53 Å². The second-order valence-electron chi connectivity index (χ2n) is 4.96. The van der Waals surface area contributed by atoms with Gasteiger partial charge in [0, 0.05) is 13.1 Å². The fourth-order valence-corrected chi connectivity index (χ4v) is 1.87. The quantitative estimate of drug-likeness (QED) is 0.828. The van der Waals surface area contributed by atoms with Crippen molar-refractivity contribution in [3.63, 3.8) is 0 Å². The van der Waals surface area contributed by atoms with Gasteiger partial charge in [0.15, 0.2) is 0 Å². The highest BCUT2D eigenvalue weighted by Crippen LogP contribution is 2.18. The first-order chi connectivity index (χ1) is 8.93. The van der Waals surface area contributed by atoms with E-state index in [1.165, 1.54) is 0 Å². The largest absolute Gasteiger partial charge is 0.491 e. The molecule has 0 saturated carbocycles. The Bertz CT molecular complexity index is 401. The van der Waals surface area contributed by atoms with Crippen LogP contribution < -0.4 is 15.4 Å². The molecule has 0 spiro atoms. The molecule has 1 amide bonds. The summed E-state index contributed by atoms with van der Waals surface area (Å²) < 4.78 is 5.60. The molecule has 2 N–H and O–H groups in total. The van der Waals surface area contributed by atoms with Gasteiger partial charge in [-0.3, -0.25) is 10.1 Å². The minimum absolute atomic E-state index is 0.00777. The van der Waals surface area contributed by atoms with E-state index in [9.17, 15) is 4.79 Å². The summed E-state index contributed by atoms with van der Waals surface area (Å²) >= 11 is 0. The molecular formula is C15H24N2O2. The molecule has 1 aromatic rings. The van der Waals surface area contributed by atoms with Gasteiger partial charge in [0.2, 0.25) is 5.91 Å². The molecule has 19 heavy (non-hydrogen) atoms. The Morgan fingerprint density at radius 2 is 1.68 bits per heavy atom. The van der Waals surface area contributed by atoms with Crippen molar-refractivity contribution in [2.24, 2.45) is 0 Å². The third kappa shape index (κ3) is 4.91. The van der Waals surface area contributed by atoms with E-state index in [4.69, 9.17) is 4.74 Å². The summed E-state index contributed by atoms with van der Waals surface area (Å²) in [5, 5.41) is 5.89. The lowest BCUT2D eigenvalue weighted by Gasteiger charge is -2.19. The molecule has 0 aliphatic rings. The summed E-state index contributed by atoms with van der Waals surface area (Å²) in [6.07, 6.45) is 0.176. The lowest BCUT2D eigenvalue weighted by molar-refractivity contribution is -0.122. The van der Waals surface area contributed by atoms with Gasteiger partial charge in [0.1, 0.15) is 5.75 Å².